The maximum atomic E-state index is 9.69. The predicted molar refractivity (Wildman–Crippen MR) is 57.0 cm³/mol. The molecule has 0 bridgehead atoms. The van der Waals surface area contributed by atoms with Crippen molar-refractivity contribution in [3.05, 3.63) is 23.8 Å². The molecule has 1 aromatic rings. The van der Waals surface area contributed by atoms with Crippen LogP contribution < -0.4 is 0 Å². The fraction of sp³-hybridized carbons (Fsp3) is 0.500. The van der Waals surface area contributed by atoms with Crippen molar-refractivity contribution in [2.45, 2.75) is 37.7 Å². The van der Waals surface area contributed by atoms with Crippen molar-refractivity contribution in [2.75, 3.05) is 0 Å². The Morgan fingerprint density at radius 2 is 1.67 bits per heavy atom. The summed E-state index contributed by atoms with van der Waals surface area (Å²) in [5.41, 5.74) is 0.889. The Balaban J connectivity index is 2.15. The SMILES string of the molecule is Oc1ccc(C2CCC(O)CC2)c(O)c1. The Kier molecular flexibility index (Phi) is 2.82. The van der Waals surface area contributed by atoms with E-state index >= 15 is 0 Å². The van der Waals surface area contributed by atoms with E-state index in [2.05, 4.69) is 0 Å². The lowest BCUT2D eigenvalue weighted by atomic mass is 9.82. The molecule has 0 amide bonds. The lowest BCUT2D eigenvalue weighted by Gasteiger charge is -2.26. The zero-order valence-corrected chi connectivity index (χ0v) is 8.56. The van der Waals surface area contributed by atoms with Crippen LogP contribution in [0.5, 0.6) is 11.5 Å². The summed E-state index contributed by atoms with van der Waals surface area (Å²) in [5.74, 6) is 0.567. The molecule has 0 aliphatic heterocycles. The summed E-state index contributed by atoms with van der Waals surface area (Å²) >= 11 is 0. The Labute approximate surface area is 89.0 Å². The molecule has 0 aromatic heterocycles. The van der Waals surface area contributed by atoms with Crippen LogP contribution in [-0.4, -0.2) is 21.4 Å². The van der Waals surface area contributed by atoms with E-state index in [1.807, 2.05) is 0 Å². The van der Waals surface area contributed by atoms with E-state index in [4.69, 9.17) is 0 Å². The molecule has 82 valence electrons. The first-order chi connectivity index (χ1) is 7.16. The summed E-state index contributed by atoms with van der Waals surface area (Å²) < 4.78 is 0. The third kappa shape index (κ3) is 2.23. The molecular formula is C12H16O3. The second-order valence-corrected chi connectivity index (χ2v) is 4.25. The average molecular weight is 208 g/mol. The van der Waals surface area contributed by atoms with Gasteiger partial charge in [-0.2, -0.15) is 0 Å². The van der Waals surface area contributed by atoms with Gasteiger partial charge in [0.2, 0.25) is 0 Å². The maximum absolute atomic E-state index is 9.69. The average Bonchev–Trinajstić information content (AvgIpc) is 2.20. The fourth-order valence-corrected chi connectivity index (χ4v) is 2.26. The van der Waals surface area contributed by atoms with Crippen molar-refractivity contribution >= 4 is 0 Å². The van der Waals surface area contributed by atoms with Crippen molar-refractivity contribution < 1.29 is 15.3 Å². The van der Waals surface area contributed by atoms with E-state index < -0.39 is 0 Å². The fourth-order valence-electron chi connectivity index (χ4n) is 2.26. The van der Waals surface area contributed by atoms with E-state index in [1.165, 1.54) is 6.07 Å². The highest BCUT2D eigenvalue weighted by Gasteiger charge is 2.22. The van der Waals surface area contributed by atoms with Gasteiger partial charge < -0.3 is 15.3 Å². The van der Waals surface area contributed by atoms with Gasteiger partial charge in [0, 0.05) is 6.07 Å². The molecule has 0 radical (unpaired) electrons. The van der Waals surface area contributed by atoms with Crippen LogP contribution in [0.25, 0.3) is 0 Å². The van der Waals surface area contributed by atoms with Crippen LogP contribution in [0.2, 0.25) is 0 Å². The Bertz CT molecular complexity index is 341. The van der Waals surface area contributed by atoms with Crippen LogP contribution >= 0.6 is 0 Å². The minimum Gasteiger partial charge on any atom is -0.508 e. The molecule has 3 nitrogen and oxygen atoms in total. The molecule has 2 rings (SSSR count). The Morgan fingerprint density at radius 1 is 1.00 bits per heavy atom. The maximum Gasteiger partial charge on any atom is 0.122 e. The minimum absolute atomic E-state index is 0.0899. The topological polar surface area (TPSA) is 60.7 Å². The minimum atomic E-state index is -0.180. The summed E-state index contributed by atoms with van der Waals surface area (Å²) in [7, 11) is 0. The molecule has 0 heterocycles. The van der Waals surface area contributed by atoms with Gasteiger partial charge in [0.1, 0.15) is 11.5 Å². The normalized spacial score (nSPS) is 26.5. The highest BCUT2D eigenvalue weighted by Crippen LogP contribution is 2.38. The number of hydrogen-bond acceptors (Lipinski definition) is 3. The summed E-state index contributed by atoms with van der Waals surface area (Å²) in [6.45, 7) is 0. The van der Waals surface area contributed by atoms with Crippen molar-refractivity contribution in [1.29, 1.82) is 0 Å². The van der Waals surface area contributed by atoms with Crippen molar-refractivity contribution in [3.8, 4) is 11.5 Å². The Hall–Kier alpha value is -1.22. The molecule has 3 heteroatoms. The molecule has 0 atom stereocenters. The number of rotatable bonds is 1. The van der Waals surface area contributed by atoms with E-state index in [0.29, 0.717) is 5.92 Å². The molecule has 15 heavy (non-hydrogen) atoms. The largest absolute Gasteiger partial charge is 0.508 e. The number of aromatic hydroxyl groups is 2. The van der Waals surface area contributed by atoms with Gasteiger partial charge in [0.05, 0.1) is 6.10 Å². The third-order valence-corrected chi connectivity index (χ3v) is 3.15. The number of aliphatic hydroxyl groups excluding tert-OH is 1. The van der Waals surface area contributed by atoms with Gasteiger partial charge in [0.15, 0.2) is 0 Å². The van der Waals surface area contributed by atoms with Gasteiger partial charge in [-0.05, 0) is 43.2 Å². The zero-order chi connectivity index (χ0) is 10.8. The van der Waals surface area contributed by atoms with E-state index in [-0.39, 0.29) is 17.6 Å². The first-order valence-corrected chi connectivity index (χ1v) is 5.37. The van der Waals surface area contributed by atoms with Crippen LogP contribution in [-0.2, 0) is 0 Å². The molecule has 0 spiro atoms. The van der Waals surface area contributed by atoms with Crippen LogP contribution in [0.1, 0.15) is 37.2 Å². The zero-order valence-electron chi connectivity index (χ0n) is 8.56. The number of aliphatic hydroxyl groups is 1. The van der Waals surface area contributed by atoms with E-state index in [9.17, 15) is 15.3 Å². The van der Waals surface area contributed by atoms with Gasteiger partial charge >= 0.3 is 0 Å². The van der Waals surface area contributed by atoms with Crippen LogP contribution in [0.3, 0.4) is 0 Å². The van der Waals surface area contributed by atoms with Gasteiger partial charge in [-0.15, -0.1) is 0 Å². The Morgan fingerprint density at radius 3 is 2.27 bits per heavy atom. The standard InChI is InChI=1S/C12H16O3/c13-9-3-1-8(2-4-9)11-6-5-10(14)7-12(11)15/h5-9,13-15H,1-4H2. The second kappa shape index (κ2) is 4.11. The van der Waals surface area contributed by atoms with Gasteiger partial charge in [0.25, 0.3) is 0 Å². The number of phenols is 2. The number of benzene rings is 1. The molecule has 1 aromatic carbocycles. The molecule has 1 saturated carbocycles. The van der Waals surface area contributed by atoms with Crippen LogP contribution in [0.15, 0.2) is 18.2 Å². The number of hydrogen-bond donors (Lipinski definition) is 3. The molecule has 1 fully saturated rings. The first kappa shape index (κ1) is 10.3. The molecule has 0 saturated heterocycles. The summed E-state index contributed by atoms with van der Waals surface area (Å²) in [6.07, 6.45) is 3.22. The molecule has 1 aliphatic rings. The van der Waals surface area contributed by atoms with E-state index in [1.54, 1.807) is 12.1 Å². The summed E-state index contributed by atoms with van der Waals surface area (Å²) in [5, 5.41) is 28.2. The smallest absolute Gasteiger partial charge is 0.122 e. The molecule has 0 unspecified atom stereocenters. The highest BCUT2D eigenvalue weighted by atomic mass is 16.3. The van der Waals surface area contributed by atoms with Crippen LogP contribution in [0.4, 0.5) is 0 Å². The van der Waals surface area contributed by atoms with Crippen molar-refractivity contribution in [3.63, 3.8) is 0 Å². The van der Waals surface area contributed by atoms with Gasteiger partial charge in [-0.3, -0.25) is 0 Å². The van der Waals surface area contributed by atoms with Crippen molar-refractivity contribution in [1.82, 2.24) is 0 Å². The quantitative estimate of drug-likeness (QED) is 0.662. The van der Waals surface area contributed by atoms with Gasteiger partial charge in [-0.25, -0.2) is 0 Å². The molecule has 3 N–H and O–H groups in total. The summed E-state index contributed by atoms with van der Waals surface area (Å²) in [4.78, 5) is 0. The first-order valence-electron chi connectivity index (χ1n) is 5.37. The highest BCUT2D eigenvalue weighted by molar-refractivity contribution is 5.41. The lowest BCUT2D eigenvalue weighted by molar-refractivity contribution is 0.122. The monoisotopic (exact) mass is 208 g/mol. The van der Waals surface area contributed by atoms with Crippen LogP contribution in [0, 0.1) is 0 Å². The van der Waals surface area contributed by atoms with Gasteiger partial charge in [-0.1, -0.05) is 6.07 Å². The predicted octanol–water partition coefficient (Wildman–Crippen LogP) is 2.12. The molecule has 1 aliphatic carbocycles. The summed E-state index contributed by atoms with van der Waals surface area (Å²) in [6, 6.07) is 4.74. The molecular weight excluding hydrogens is 192 g/mol. The van der Waals surface area contributed by atoms with Crippen molar-refractivity contribution in [2.24, 2.45) is 0 Å². The lowest BCUT2D eigenvalue weighted by Crippen LogP contribution is -2.16. The third-order valence-electron chi connectivity index (χ3n) is 3.15. The number of phenolic OH excluding ortho intramolecular Hbond substituents is 2. The van der Waals surface area contributed by atoms with E-state index in [0.717, 1.165) is 31.2 Å². The second-order valence-electron chi connectivity index (χ2n) is 4.25.